The van der Waals surface area contributed by atoms with Crippen LogP contribution >= 0.6 is 11.8 Å². The first-order valence-electron chi connectivity index (χ1n) is 7.17. The van der Waals surface area contributed by atoms with Crippen LogP contribution in [0.5, 0.6) is 0 Å². The van der Waals surface area contributed by atoms with Crippen molar-refractivity contribution in [2.45, 2.75) is 50.9 Å². The molecule has 1 fully saturated rings. The van der Waals surface area contributed by atoms with Gasteiger partial charge in [-0.3, -0.25) is 4.79 Å². The second-order valence-corrected chi connectivity index (χ2v) is 6.73. The Morgan fingerprint density at radius 3 is 2.37 bits per heavy atom. The van der Waals surface area contributed by atoms with Crippen LogP contribution in [0.3, 0.4) is 0 Å². The van der Waals surface area contributed by atoms with Gasteiger partial charge in [0, 0.05) is 23.3 Å². The summed E-state index contributed by atoms with van der Waals surface area (Å²) < 4.78 is 0. The van der Waals surface area contributed by atoms with Crippen LogP contribution in [0.25, 0.3) is 0 Å². The molecule has 0 bridgehead atoms. The summed E-state index contributed by atoms with van der Waals surface area (Å²) >= 11 is 1.60. The maximum atomic E-state index is 12.2. The van der Waals surface area contributed by atoms with E-state index in [0.29, 0.717) is 6.04 Å². The minimum Gasteiger partial charge on any atom is -0.395 e. The first kappa shape index (κ1) is 16.8. The molecular weight excluding hydrogens is 260 g/mol. The van der Waals surface area contributed by atoms with E-state index >= 15 is 0 Å². The van der Waals surface area contributed by atoms with Crippen LogP contribution in [0.4, 0.5) is 0 Å². The molecule has 0 aliphatic carbocycles. The van der Waals surface area contributed by atoms with Crippen LogP contribution in [0.15, 0.2) is 0 Å². The lowest BCUT2D eigenvalue weighted by molar-refractivity contribution is -0.127. The van der Waals surface area contributed by atoms with E-state index in [-0.39, 0.29) is 29.7 Å². The summed E-state index contributed by atoms with van der Waals surface area (Å²) in [5.41, 5.74) is 0. The van der Waals surface area contributed by atoms with Crippen molar-refractivity contribution in [3.05, 3.63) is 0 Å². The average molecular weight is 288 g/mol. The number of likely N-dealkylation sites (tertiary alicyclic amines) is 1. The van der Waals surface area contributed by atoms with Crippen molar-refractivity contribution in [3.63, 3.8) is 0 Å². The van der Waals surface area contributed by atoms with Gasteiger partial charge in [0.05, 0.1) is 6.61 Å². The predicted molar refractivity (Wildman–Crippen MR) is 81.4 cm³/mol. The Labute approximate surface area is 121 Å². The van der Waals surface area contributed by atoms with Gasteiger partial charge in [-0.25, -0.2) is 0 Å². The lowest BCUT2D eigenvalue weighted by atomic mass is 9.94. The lowest BCUT2D eigenvalue weighted by Crippen LogP contribution is -2.47. The van der Waals surface area contributed by atoms with Crippen molar-refractivity contribution in [1.82, 2.24) is 10.2 Å². The number of thioether (sulfide) groups is 1. The van der Waals surface area contributed by atoms with Crippen molar-refractivity contribution >= 4 is 17.7 Å². The summed E-state index contributed by atoms with van der Waals surface area (Å²) in [5.74, 6) is 0.294. The number of hydrogen-bond donors (Lipinski definition) is 2. The number of piperidine rings is 1. The first-order valence-corrected chi connectivity index (χ1v) is 8.46. The fourth-order valence-corrected chi connectivity index (χ4v) is 3.18. The highest BCUT2D eigenvalue weighted by atomic mass is 32.2. The molecule has 0 aromatic carbocycles. The number of aliphatic hydroxyl groups is 1. The molecule has 112 valence electrons. The third-order valence-electron chi connectivity index (χ3n) is 4.04. The fourth-order valence-electron chi connectivity index (χ4n) is 2.55. The third kappa shape index (κ3) is 4.97. The zero-order valence-corrected chi connectivity index (χ0v) is 13.4. The van der Waals surface area contributed by atoms with E-state index in [1.165, 1.54) is 0 Å². The molecule has 19 heavy (non-hydrogen) atoms. The smallest absolute Gasteiger partial charge is 0.223 e. The van der Waals surface area contributed by atoms with Gasteiger partial charge in [-0.05, 0) is 53.0 Å². The van der Waals surface area contributed by atoms with Gasteiger partial charge < -0.3 is 15.3 Å². The number of aliphatic hydroxyl groups excluding tert-OH is 1. The highest BCUT2D eigenvalue weighted by molar-refractivity contribution is 7.99. The van der Waals surface area contributed by atoms with Crippen LogP contribution < -0.4 is 5.32 Å². The highest BCUT2D eigenvalue weighted by Gasteiger charge is 2.27. The maximum Gasteiger partial charge on any atom is 0.223 e. The molecule has 4 nitrogen and oxygen atoms in total. The van der Waals surface area contributed by atoms with E-state index in [4.69, 9.17) is 0 Å². The van der Waals surface area contributed by atoms with Crippen molar-refractivity contribution in [1.29, 1.82) is 0 Å². The molecule has 2 N–H and O–H groups in total. The predicted octanol–water partition coefficient (Wildman–Crippen LogP) is 1.34. The topological polar surface area (TPSA) is 52.6 Å². The van der Waals surface area contributed by atoms with Crippen LogP contribution in [-0.2, 0) is 4.79 Å². The normalized spacial score (nSPS) is 21.4. The molecule has 0 saturated carbocycles. The molecule has 2 atom stereocenters. The van der Waals surface area contributed by atoms with Crippen molar-refractivity contribution in [2.75, 3.05) is 26.0 Å². The van der Waals surface area contributed by atoms with Gasteiger partial charge in [-0.2, -0.15) is 11.8 Å². The fraction of sp³-hybridized carbons (Fsp3) is 0.929. The Kier molecular flexibility index (Phi) is 7.18. The van der Waals surface area contributed by atoms with E-state index in [9.17, 15) is 9.90 Å². The first-order chi connectivity index (χ1) is 8.99. The number of nitrogens with one attached hydrogen (secondary N) is 1. The van der Waals surface area contributed by atoms with Crippen LogP contribution in [0, 0.1) is 5.92 Å². The molecule has 0 unspecified atom stereocenters. The molecule has 5 heteroatoms. The highest BCUT2D eigenvalue weighted by Crippen LogP contribution is 2.20. The minimum atomic E-state index is 0.0237. The molecule has 1 aliphatic heterocycles. The molecule has 0 aromatic heterocycles. The Balaban J connectivity index is 2.39. The maximum absolute atomic E-state index is 12.2. The summed E-state index contributed by atoms with van der Waals surface area (Å²) in [4.78, 5) is 14.6. The molecule has 1 heterocycles. The summed E-state index contributed by atoms with van der Waals surface area (Å²) in [6.07, 6.45) is 3.85. The van der Waals surface area contributed by atoms with Gasteiger partial charge in [-0.1, -0.05) is 0 Å². The number of amides is 1. The van der Waals surface area contributed by atoms with Gasteiger partial charge in [0.15, 0.2) is 0 Å². The number of nitrogens with zero attached hydrogens (tertiary/aromatic N) is 1. The average Bonchev–Trinajstić information content (AvgIpc) is 2.40. The minimum absolute atomic E-state index is 0.0237. The zero-order chi connectivity index (χ0) is 14.4. The monoisotopic (exact) mass is 288 g/mol. The van der Waals surface area contributed by atoms with Crippen LogP contribution in [-0.4, -0.2) is 59.2 Å². The van der Waals surface area contributed by atoms with E-state index < -0.39 is 0 Å². The number of hydrogen-bond acceptors (Lipinski definition) is 4. The second-order valence-electron chi connectivity index (χ2n) is 5.66. The Morgan fingerprint density at radius 2 is 1.95 bits per heavy atom. The van der Waals surface area contributed by atoms with Gasteiger partial charge >= 0.3 is 0 Å². The van der Waals surface area contributed by atoms with E-state index in [1.807, 2.05) is 13.2 Å². The summed E-state index contributed by atoms with van der Waals surface area (Å²) in [6.45, 7) is 8.50. The van der Waals surface area contributed by atoms with Crippen LogP contribution in [0.2, 0.25) is 0 Å². The molecule has 1 aliphatic rings. The summed E-state index contributed by atoms with van der Waals surface area (Å²) in [7, 11) is 0. The van der Waals surface area contributed by atoms with Crippen molar-refractivity contribution in [3.8, 4) is 0 Å². The van der Waals surface area contributed by atoms with Gasteiger partial charge in [0.25, 0.3) is 0 Å². The molecule has 0 spiro atoms. The quantitative estimate of drug-likeness (QED) is 0.774. The Morgan fingerprint density at radius 1 is 1.37 bits per heavy atom. The summed E-state index contributed by atoms with van der Waals surface area (Å²) in [5, 5.41) is 12.4. The van der Waals surface area contributed by atoms with Gasteiger partial charge in [0.1, 0.15) is 0 Å². The molecule has 0 aromatic rings. The van der Waals surface area contributed by atoms with Gasteiger partial charge in [0.2, 0.25) is 5.91 Å². The lowest BCUT2D eigenvalue weighted by Gasteiger charge is -2.34. The summed E-state index contributed by atoms with van der Waals surface area (Å²) in [6, 6.07) is 0.592. The molecule has 1 amide bonds. The van der Waals surface area contributed by atoms with Crippen molar-refractivity contribution < 1.29 is 9.90 Å². The standard InChI is InChI=1S/C14H28N2O2S/c1-10(2)16-7-5-12(6-8-16)14(18)15-11(3)13(9-17)19-4/h10-13,17H,5-9H2,1-4H3,(H,15,18)/t11-,13-/m0/s1. The third-order valence-corrected chi connectivity index (χ3v) is 5.20. The van der Waals surface area contributed by atoms with E-state index in [0.717, 1.165) is 25.9 Å². The molecular formula is C14H28N2O2S. The van der Waals surface area contributed by atoms with Crippen LogP contribution in [0.1, 0.15) is 33.6 Å². The zero-order valence-electron chi connectivity index (χ0n) is 12.6. The number of carbonyl (C=O) groups excluding carboxylic acids is 1. The Hall–Kier alpha value is -0.260. The van der Waals surface area contributed by atoms with E-state index in [2.05, 4.69) is 24.1 Å². The number of rotatable bonds is 6. The molecule has 1 rings (SSSR count). The largest absolute Gasteiger partial charge is 0.395 e. The molecule has 0 radical (unpaired) electrons. The second kappa shape index (κ2) is 8.12. The Bertz CT molecular complexity index is 275. The SMILES string of the molecule is CS[C@@H](CO)[C@H](C)NC(=O)C1CCN(C(C)C)CC1. The van der Waals surface area contributed by atoms with Crippen molar-refractivity contribution in [2.24, 2.45) is 5.92 Å². The molecule has 1 saturated heterocycles. The van der Waals surface area contributed by atoms with E-state index in [1.54, 1.807) is 11.8 Å². The van der Waals surface area contributed by atoms with Gasteiger partial charge in [-0.15, -0.1) is 0 Å². The number of carbonyl (C=O) groups is 1.